The number of likely N-dealkylation sites (N-methyl/N-ethyl adjacent to an activating group) is 2. The second-order valence-corrected chi connectivity index (χ2v) is 3.64. The van der Waals surface area contributed by atoms with E-state index in [9.17, 15) is 4.79 Å². The van der Waals surface area contributed by atoms with E-state index in [1.54, 1.807) is 7.05 Å². The molecule has 0 saturated carbocycles. The molecule has 3 heteroatoms. The second kappa shape index (κ2) is 4.68. The van der Waals surface area contributed by atoms with Crippen LogP contribution in [-0.4, -0.2) is 44.6 Å². The van der Waals surface area contributed by atoms with Crippen molar-refractivity contribution in [3.8, 4) is 12.3 Å². The average molecular weight is 181 g/mol. The number of hydrogen-bond donors (Lipinski definition) is 1. The van der Waals surface area contributed by atoms with Crippen LogP contribution in [0.4, 0.5) is 0 Å². The van der Waals surface area contributed by atoms with Gasteiger partial charge in [0.1, 0.15) is 13.1 Å². The fraction of sp³-hybridized carbons (Fsp3) is 0.500. The number of amides is 1. The number of nitrogens with zero attached hydrogens (tertiary/aromatic N) is 1. The minimum atomic E-state index is -0.122. The largest absolute Gasteiger partial charge is 0.355 e. The third-order valence-electron chi connectivity index (χ3n) is 1.69. The van der Waals surface area contributed by atoms with Crippen molar-refractivity contribution < 1.29 is 9.28 Å². The van der Waals surface area contributed by atoms with Gasteiger partial charge in [0, 0.05) is 7.05 Å². The molecule has 0 unspecified atom stereocenters. The second-order valence-electron chi connectivity index (χ2n) is 3.64. The SMILES string of the molecule is C#CC[N+](C)(C)CC(=C)C(=O)NC. The van der Waals surface area contributed by atoms with Crippen molar-refractivity contribution in [2.24, 2.45) is 0 Å². The Hall–Kier alpha value is -1.27. The van der Waals surface area contributed by atoms with Crippen LogP contribution in [0.25, 0.3) is 0 Å². The summed E-state index contributed by atoms with van der Waals surface area (Å²) in [5.74, 6) is 2.45. The number of carbonyl (C=O) groups is 1. The van der Waals surface area contributed by atoms with Crippen molar-refractivity contribution in [1.82, 2.24) is 5.32 Å². The Balaban J connectivity index is 4.21. The molecule has 0 atom stereocenters. The molecule has 3 nitrogen and oxygen atoms in total. The van der Waals surface area contributed by atoms with E-state index in [-0.39, 0.29) is 5.91 Å². The van der Waals surface area contributed by atoms with E-state index in [1.807, 2.05) is 14.1 Å². The lowest BCUT2D eigenvalue weighted by Gasteiger charge is -2.27. The molecule has 0 aromatic heterocycles. The summed E-state index contributed by atoms with van der Waals surface area (Å²) in [6.45, 7) is 4.86. The maximum absolute atomic E-state index is 11.1. The zero-order valence-corrected chi connectivity index (χ0v) is 8.55. The molecular weight excluding hydrogens is 164 g/mol. The van der Waals surface area contributed by atoms with Crippen LogP contribution >= 0.6 is 0 Å². The lowest BCUT2D eigenvalue weighted by molar-refractivity contribution is -0.877. The van der Waals surface area contributed by atoms with Gasteiger partial charge in [-0.25, -0.2) is 0 Å². The molecule has 0 spiro atoms. The number of nitrogens with one attached hydrogen (secondary N) is 1. The van der Waals surface area contributed by atoms with Gasteiger partial charge in [0.2, 0.25) is 0 Å². The molecule has 0 aliphatic heterocycles. The van der Waals surface area contributed by atoms with Gasteiger partial charge in [0.25, 0.3) is 5.91 Å². The maximum Gasteiger partial charge on any atom is 0.252 e. The van der Waals surface area contributed by atoms with Gasteiger partial charge < -0.3 is 9.80 Å². The lowest BCUT2D eigenvalue weighted by Crippen LogP contribution is -2.43. The quantitative estimate of drug-likeness (QED) is 0.369. The van der Waals surface area contributed by atoms with Crippen LogP contribution in [-0.2, 0) is 4.79 Å². The zero-order chi connectivity index (χ0) is 10.5. The standard InChI is InChI=1S/C10H16N2O/c1-6-7-12(4,5)8-9(2)10(13)11-3/h1H,2,7-8H2,3-5H3/p+1. The van der Waals surface area contributed by atoms with Gasteiger partial charge >= 0.3 is 0 Å². The highest BCUT2D eigenvalue weighted by molar-refractivity contribution is 5.92. The number of quaternary nitrogens is 1. The molecular formula is C10H17N2O+. The molecule has 13 heavy (non-hydrogen) atoms. The fourth-order valence-corrected chi connectivity index (χ4v) is 1.07. The van der Waals surface area contributed by atoms with Gasteiger partial charge in [-0.3, -0.25) is 4.79 Å². The van der Waals surface area contributed by atoms with E-state index < -0.39 is 0 Å². The van der Waals surface area contributed by atoms with E-state index >= 15 is 0 Å². The minimum absolute atomic E-state index is 0.122. The molecule has 1 amide bonds. The summed E-state index contributed by atoms with van der Waals surface area (Å²) in [4.78, 5) is 11.1. The van der Waals surface area contributed by atoms with Crippen LogP contribution in [0.5, 0.6) is 0 Å². The first-order valence-corrected chi connectivity index (χ1v) is 4.08. The number of terminal acetylenes is 1. The molecule has 0 fully saturated rings. The predicted molar refractivity (Wildman–Crippen MR) is 53.9 cm³/mol. The third kappa shape index (κ3) is 4.34. The first-order chi connectivity index (χ1) is 5.93. The Morgan fingerprint density at radius 2 is 2.15 bits per heavy atom. The molecule has 72 valence electrons. The Labute approximate surface area is 80.0 Å². The van der Waals surface area contributed by atoms with E-state index in [2.05, 4.69) is 17.8 Å². The van der Waals surface area contributed by atoms with Crippen LogP contribution < -0.4 is 5.32 Å². The van der Waals surface area contributed by atoms with E-state index in [1.165, 1.54) is 0 Å². The highest BCUT2D eigenvalue weighted by Gasteiger charge is 2.18. The average Bonchev–Trinajstić information content (AvgIpc) is 2.01. The molecule has 1 N–H and O–H groups in total. The van der Waals surface area contributed by atoms with Crippen molar-refractivity contribution >= 4 is 5.91 Å². The summed E-state index contributed by atoms with van der Waals surface area (Å²) in [6, 6.07) is 0. The van der Waals surface area contributed by atoms with Gasteiger partial charge in [-0.05, 0) is 5.92 Å². The Bertz CT molecular complexity index is 248. The third-order valence-corrected chi connectivity index (χ3v) is 1.69. The molecule has 0 aromatic rings. The van der Waals surface area contributed by atoms with Gasteiger partial charge in [-0.2, -0.15) is 0 Å². The van der Waals surface area contributed by atoms with Crippen LogP contribution in [0.1, 0.15) is 0 Å². The summed E-state index contributed by atoms with van der Waals surface area (Å²) in [6.07, 6.45) is 5.20. The van der Waals surface area contributed by atoms with Crippen molar-refractivity contribution in [3.05, 3.63) is 12.2 Å². The Kier molecular flexibility index (Phi) is 4.22. The molecule has 0 aliphatic rings. The summed E-state index contributed by atoms with van der Waals surface area (Å²) in [5, 5.41) is 2.53. The molecule has 0 heterocycles. The van der Waals surface area contributed by atoms with Crippen molar-refractivity contribution in [2.75, 3.05) is 34.2 Å². The topological polar surface area (TPSA) is 29.1 Å². The highest BCUT2D eigenvalue weighted by Crippen LogP contribution is 2.02. The highest BCUT2D eigenvalue weighted by atomic mass is 16.1. The Morgan fingerprint density at radius 1 is 1.62 bits per heavy atom. The first-order valence-electron chi connectivity index (χ1n) is 4.08. The van der Waals surface area contributed by atoms with Gasteiger partial charge in [0.05, 0.1) is 19.7 Å². The van der Waals surface area contributed by atoms with Crippen LogP contribution in [0.2, 0.25) is 0 Å². The van der Waals surface area contributed by atoms with E-state index in [0.29, 0.717) is 23.1 Å². The predicted octanol–water partition coefficient (Wildman–Crippen LogP) is -0.00180. The van der Waals surface area contributed by atoms with Crippen LogP contribution in [0.15, 0.2) is 12.2 Å². The first kappa shape index (κ1) is 11.7. The van der Waals surface area contributed by atoms with Gasteiger partial charge in [0.15, 0.2) is 0 Å². The summed E-state index contributed by atoms with van der Waals surface area (Å²) in [5.41, 5.74) is 0.558. The summed E-state index contributed by atoms with van der Waals surface area (Å²) in [7, 11) is 5.52. The molecule has 0 rings (SSSR count). The number of rotatable bonds is 4. The van der Waals surface area contributed by atoms with E-state index in [4.69, 9.17) is 6.42 Å². The van der Waals surface area contributed by atoms with Crippen LogP contribution in [0, 0.1) is 12.3 Å². The van der Waals surface area contributed by atoms with Crippen molar-refractivity contribution in [1.29, 1.82) is 0 Å². The molecule has 0 bridgehead atoms. The summed E-state index contributed by atoms with van der Waals surface area (Å²) >= 11 is 0. The molecule has 0 aliphatic carbocycles. The normalized spacial score (nSPS) is 10.3. The maximum atomic E-state index is 11.1. The van der Waals surface area contributed by atoms with Crippen LogP contribution in [0.3, 0.4) is 0 Å². The molecule has 0 aromatic carbocycles. The van der Waals surface area contributed by atoms with E-state index in [0.717, 1.165) is 0 Å². The van der Waals surface area contributed by atoms with Crippen molar-refractivity contribution in [3.63, 3.8) is 0 Å². The minimum Gasteiger partial charge on any atom is -0.355 e. The smallest absolute Gasteiger partial charge is 0.252 e. The molecule has 0 saturated heterocycles. The monoisotopic (exact) mass is 181 g/mol. The number of carbonyl (C=O) groups excluding carboxylic acids is 1. The van der Waals surface area contributed by atoms with Gasteiger partial charge in [-0.1, -0.05) is 6.58 Å². The summed E-state index contributed by atoms with van der Waals surface area (Å²) < 4.78 is 0.586. The fourth-order valence-electron chi connectivity index (χ4n) is 1.07. The molecule has 0 radical (unpaired) electrons. The zero-order valence-electron chi connectivity index (χ0n) is 8.55. The van der Waals surface area contributed by atoms with Gasteiger partial charge in [-0.15, -0.1) is 6.42 Å². The lowest BCUT2D eigenvalue weighted by atomic mass is 10.2. The Morgan fingerprint density at radius 3 is 2.54 bits per heavy atom. The van der Waals surface area contributed by atoms with Crippen molar-refractivity contribution in [2.45, 2.75) is 0 Å². The number of hydrogen-bond acceptors (Lipinski definition) is 1.